The van der Waals surface area contributed by atoms with Gasteiger partial charge in [0.2, 0.25) is 11.8 Å². The lowest BCUT2D eigenvalue weighted by atomic mass is 10.2. The quantitative estimate of drug-likeness (QED) is 0.208. The molecule has 0 aromatic rings. The Morgan fingerprint density at radius 1 is 1.44 bits per heavy atom. The number of urea groups is 1. The predicted molar refractivity (Wildman–Crippen MR) is 55.9 cm³/mol. The lowest BCUT2D eigenvalue weighted by Gasteiger charge is -2.13. The first kappa shape index (κ1) is 12.4. The summed E-state index contributed by atoms with van der Waals surface area (Å²) >= 11 is 0. The second-order valence-electron chi connectivity index (χ2n) is 3.71. The lowest BCUT2D eigenvalue weighted by molar-refractivity contribution is -0.125. The summed E-state index contributed by atoms with van der Waals surface area (Å²) in [6.07, 6.45) is 1.52. The monoisotopic (exact) mass is 228 g/mol. The Morgan fingerprint density at radius 2 is 2.12 bits per heavy atom. The van der Waals surface area contributed by atoms with Crippen molar-refractivity contribution in [1.82, 2.24) is 15.2 Å². The van der Waals surface area contributed by atoms with E-state index in [1.54, 1.807) is 7.05 Å². The van der Waals surface area contributed by atoms with Gasteiger partial charge < -0.3 is 4.90 Å². The van der Waals surface area contributed by atoms with Crippen LogP contribution < -0.4 is 11.3 Å². The molecule has 4 amide bonds. The number of carbonyl (C=O) groups excluding carboxylic acids is 3. The zero-order valence-corrected chi connectivity index (χ0v) is 9.23. The topological polar surface area (TPSA) is 95.7 Å². The summed E-state index contributed by atoms with van der Waals surface area (Å²) in [5, 5.41) is 0. The van der Waals surface area contributed by atoms with Crippen molar-refractivity contribution in [2.24, 2.45) is 5.84 Å². The molecule has 1 aliphatic rings. The summed E-state index contributed by atoms with van der Waals surface area (Å²) in [7, 11) is 1.59. The van der Waals surface area contributed by atoms with E-state index in [4.69, 9.17) is 5.84 Å². The van der Waals surface area contributed by atoms with E-state index in [2.05, 4.69) is 0 Å². The molecule has 0 aromatic carbocycles. The van der Waals surface area contributed by atoms with Crippen LogP contribution in [0, 0.1) is 0 Å². The fourth-order valence-electron chi connectivity index (χ4n) is 1.52. The van der Waals surface area contributed by atoms with Gasteiger partial charge in [0.05, 0.1) is 0 Å². The third-order valence-corrected chi connectivity index (χ3v) is 2.43. The fraction of sp³-hybridized carbons (Fsp3) is 0.667. The number of hydrogen-bond donors (Lipinski definition) is 2. The molecule has 0 spiro atoms. The Bertz CT molecular complexity index is 305. The number of nitrogens with zero attached hydrogens (tertiary/aromatic N) is 2. The van der Waals surface area contributed by atoms with E-state index >= 15 is 0 Å². The summed E-state index contributed by atoms with van der Waals surface area (Å²) in [4.78, 5) is 36.2. The summed E-state index contributed by atoms with van der Waals surface area (Å²) in [6.45, 7) is 0.502. The predicted octanol–water partition coefficient (Wildman–Crippen LogP) is -0.959. The van der Waals surface area contributed by atoms with Gasteiger partial charge in [-0.2, -0.15) is 0 Å². The van der Waals surface area contributed by atoms with Crippen LogP contribution in [0.2, 0.25) is 0 Å². The van der Waals surface area contributed by atoms with E-state index in [1.165, 1.54) is 9.80 Å². The van der Waals surface area contributed by atoms with Gasteiger partial charge in [0.1, 0.15) is 6.54 Å². The summed E-state index contributed by atoms with van der Waals surface area (Å²) in [5.74, 6) is 4.49. The van der Waals surface area contributed by atoms with Gasteiger partial charge in [-0.25, -0.2) is 10.6 Å². The average molecular weight is 228 g/mol. The van der Waals surface area contributed by atoms with Gasteiger partial charge in [-0.1, -0.05) is 0 Å². The summed E-state index contributed by atoms with van der Waals surface area (Å²) in [6, 6.07) is -0.270. The van der Waals surface area contributed by atoms with Crippen molar-refractivity contribution in [3.8, 4) is 0 Å². The molecule has 0 aromatic heterocycles. The Morgan fingerprint density at radius 3 is 2.62 bits per heavy atom. The average Bonchev–Trinajstić information content (AvgIpc) is 2.49. The SMILES string of the molecule is CN1CC(=O)N(CCCCC(=O)NN)C1=O. The maximum atomic E-state index is 11.4. The van der Waals surface area contributed by atoms with E-state index in [0.717, 1.165) is 0 Å². The highest BCUT2D eigenvalue weighted by atomic mass is 16.2. The van der Waals surface area contributed by atoms with E-state index in [1.807, 2.05) is 5.43 Å². The van der Waals surface area contributed by atoms with Gasteiger partial charge in [-0.3, -0.25) is 19.9 Å². The highest BCUT2D eigenvalue weighted by Crippen LogP contribution is 2.09. The normalized spacial score (nSPS) is 15.9. The molecule has 90 valence electrons. The highest BCUT2D eigenvalue weighted by molar-refractivity contribution is 6.01. The maximum absolute atomic E-state index is 11.4. The molecule has 0 unspecified atom stereocenters. The molecule has 1 aliphatic heterocycles. The second-order valence-corrected chi connectivity index (χ2v) is 3.71. The number of hydrazine groups is 1. The molecule has 1 fully saturated rings. The number of nitrogens with two attached hydrogens (primary N) is 1. The minimum atomic E-state index is -0.270. The Labute approximate surface area is 93.5 Å². The molecular weight excluding hydrogens is 212 g/mol. The van der Waals surface area contributed by atoms with Gasteiger partial charge in [-0.05, 0) is 12.8 Å². The number of carbonyl (C=O) groups is 3. The number of amides is 4. The Hall–Kier alpha value is -1.63. The van der Waals surface area contributed by atoms with Gasteiger partial charge in [0, 0.05) is 20.0 Å². The molecule has 7 nitrogen and oxygen atoms in total. The number of imide groups is 1. The molecule has 0 aliphatic carbocycles. The molecule has 0 saturated carbocycles. The van der Waals surface area contributed by atoms with E-state index < -0.39 is 0 Å². The number of hydrogen-bond acceptors (Lipinski definition) is 4. The minimum Gasteiger partial charge on any atom is -0.318 e. The summed E-state index contributed by atoms with van der Waals surface area (Å²) < 4.78 is 0. The van der Waals surface area contributed by atoms with Crippen LogP contribution in [0.15, 0.2) is 0 Å². The first-order chi connectivity index (χ1) is 7.56. The molecule has 0 atom stereocenters. The zero-order chi connectivity index (χ0) is 12.1. The molecule has 1 rings (SSSR count). The third kappa shape index (κ3) is 2.93. The Kier molecular flexibility index (Phi) is 4.24. The fourth-order valence-corrected chi connectivity index (χ4v) is 1.52. The highest BCUT2D eigenvalue weighted by Gasteiger charge is 2.32. The molecular formula is C9H16N4O3. The molecule has 0 radical (unpaired) electrons. The van der Waals surface area contributed by atoms with E-state index in [9.17, 15) is 14.4 Å². The molecule has 3 N–H and O–H groups in total. The summed E-state index contributed by atoms with van der Waals surface area (Å²) in [5.41, 5.74) is 2.02. The smallest absolute Gasteiger partial charge is 0.318 e. The first-order valence-electron chi connectivity index (χ1n) is 5.11. The first-order valence-corrected chi connectivity index (χ1v) is 5.11. The largest absolute Gasteiger partial charge is 0.326 e. The van der Waals surface area contributed by atoms with Gasteiger partial charge in [-0.15, -0.1) is 0 Å². The van der Waals surface area contributed by atoms with Gasteiger partial charge >= 0.3 is 6.03 Å². The van der Waals surface area contributed by atoms with Crippen LogP contribution in [0.3, 0.4) is 0 Å². The van der Waals surface area contributed by atoms with Crippen molar-refractivity contribution in [1.29, 1.82) is 0 Å². The maximum Gasteiger partial charge on any atom is 0.326 e. The van der Waals surface area contributed by atoms with Crippen molar-refractivity contribution in [2.75, 3.05) is 20.1 Å². The molecule has 1 saturated heterocycles. The van der Waals surface area contributed by atoms with Crippen LogP contribution in [0.1, 0.15) is 19.3 Å². The third-order valence-electron chi connectivity index (χ3n) is 2.43. The van der Waals surface area contributed by atoms with Crippen molar-refractivity contribution in [2.45, 2.75) is 19.3 Å². The standard InChI is InChI=1S/C9H16N4O3/c1-12-6-8(15)13(9(12)16)5-3-2-4-7(14)11-10/h2-6,10H2,1H3,(H,11,14). The minimum absolute atomic E-state index is 0.141. The lowest BCUT2D eigenvalue weighted by Crippen LogP contribution is -2.33. The van der Waals surface area contributed by atoms with E-state index in [0.29, 0.717) is 25.8 Å². The van der Waals surface area contributed by atoms with Crippen LogP contribution in [-0.4, -0.2) is 47.8 Å². The van der Waals surface area contributed by atoms with Gasteiger partial charge in [0.15, 0.2) is 0 Å². The molecule has 1 heterocycles. The second kappa shape index (κ2) is 5.45. The van der Waals surface area contributed by atoms with Crippen LogP contribution in [-0.2, 0) is 9.59 Å². The van der Waals surface area contributed by atoms with Crippen molar-refractivity contribution in [3.63, 3.8) is 0 Å². The molecule has 0 bridgehead atoms. The molecule has 16 heavy (non-hydrogen) atoms. The Balaban J connectivity index is 2.25. The zero-order valence-electron chi connectivity index (χ0n) is 9.23. The number of nitrogens with one attached hydrogen (secondary N) is 1. The van der Waals surface area contributed by atoms with Crippen LogP contribution in [0.25, 0.3) is 0 Å². The molecule has 7 heteroatoms. The van der Waals surface area contributed by atoms with Crippen LogP contribution in [0.5, 0.6) is 0 Å². The van der Waals surface area contributed by atoms with Gasteiger partial charge in [0.25, 0.3) is 0 Å². The van der Waals surface area contributed by atoms with E-state index in [-0.39, 0.29) is 24.4 Å². The van der Waals surface area contributed by atoms with Crippen molar-refractivity contribution < 1.29 is 14.4 Å². The van der Waals surface area contributed by atoms with Crippen molar-refractivity contribution >= 4 is 17.8 Å². The van der Waals surface area contributed by atoms with Crippen LogP contribution >= 0.6 is 0 Å². The van der Waals surface area contributed by atoms with Crippen molar-refractivity contribution in [3.05, 3.63) is 0 Å². The number of unbranched alkanes of at least 4 members (excludes halogenated alkanes) is 1. The number of likely N-dealkylation sites (N-methyl/N-ethyl adjacent to an activating group) is 1. The van der Waals surface area contributed by atoms with Crippen LogP contribution in [0.4, 0.5) is 4.79 Å². The number of rotatable bonds is 5.